The number of nitrogens with zero attached hydrogens (tertiary/aromatic N) is 3. The van der Waals surface area contributed by atoms with Gasteiger partial charge in [-0.2, -0.15) is 0 Å². The molecule has 0 radical (unpaired) electrons. The monoisotopic (exact) mass is 409 g/mol. The minimum Gasteiger partial charge on any atom is -0.368 e. The van der Waals surface area contributed by atoms with Gasteiger partial charge in [0.2, 0.25) is 0 Å². The molecule has 0 aliphatic rings. The van der Waals surface area contributed by atoms with Gasteiger partial charge in [-0.25, -0.2) is 9.97 Å². The molecule has 0 saturated carbocycles. The Balaban J connectivity index is 1.83. The summed E-state index contributed by atoms with van der Waals surface area (Å²) in [5.41, 5.74) is 3.91. The first-order valence-corrected chi connectivity index (χ1v) is 9.33. The first-order chi connectivity index (χ1) is 12.6. The average molecular weight is 410 g/mol. The van der Waals surface area contributed by atoms with E-state index >= 15 is 0 Å². The Morgan fingerprint density at radius 3 is 2.69 bits per heavy atom. The van der Waals surface area contributed by atoms with Crippen molar-refractivity contribution in [2.24, 2.45) is 0 Å². The molecule has 0 aliphatic heterocycles. The first kappa shape index (κ1) is 17.0. The average Bonchev–Trinajstić information content (AvgIpc) is 3.04. The van der Waals surface area contributed by atoms with Gasteiger partial charge in [-0.15, -0.1) is 0 Å². The number of imidazole rings is 1. The minimum atomic E-state index is 0.812. The van der Waals surface area contributed by atoms with E-state index in [2.05, 4.69) is 57.4 Å². The van der Waals surface area contributed by atoms with Gasteiger partial charge in [0.05, 0.1) is 22.1 Å². The number of nitrogens with one attached hydrogen (secondary N) is 2. The van der Waals surface area contributed by atoms with Gasteiger partial charge >= 0.3 is 0 Å². The first-order valence-electron chi connectivity index (χ1n) is 8.54. The summed E-state index contributed by atoms with van der Waals surface area (Å²) in [6.45, 7) is 1.74. The van der Waals surface area contributed by atoms with Gasteiger partial charge < -0.3 is 15.2 Å². The molecule has 6 heteroatoms. The third-order valence-electron chi connectivity index (χ3n) is 4.28. The van der Waals surface area contributed by atoms with E-state index in [0.717, 1.165) is 56.7 Å². The maximum Gasteiger partial charge on any atom is 0.142 e. The molecule has 26 heavy (non-hydrogen) atoms. The molecule has 0 amide bonds. The molecule has 0 fully saturated rings. The lowest BCUT2D eigenvalue weighted by atomic mass is 10.1. The fourth-order valence-electron chi connectivity index (χ4n) is 2.93. The molecule has 0 unspecified atom stereocenters. The zero-order valence-corrected chi connectivity index (χ0v) is 16.3. The normalized spacial score (nSPS) is 11.5. The lowest BCUT2D eigenvalue weighted by Gasteiger charge is -2.14. The van der Waals surface area contributed by atoms with Crippen molar-refractivity contribution >= 4 is 43.7 Å². The molecule has 2 aromatic heterocycles. The molecule has 0 saturated heterocycles. The summed E-state index contributed by atoms with van der Waals surface area (Å²) in [5.74, 6) is 1.67. The summed E-state index contributed by atoms with van der Waals surface area (Å²) < 4.78 is 1.02. The summed E-state index contributed by atoms with van der Waals surface area (Å²) >= 11 is 3.53. The number of para-hydroxylation sites is 2. The van der Waals surface area contributed by atoms with E-state index in [0.29, 0.717) is 0 Å². The smallest absolute Gasteiger partial charge is 0.142 e. The van der Waals surface area contributed by atoms with Crippen molar-refractivity contribution in [1.29, 1.82) is 0 Å². The van der Waals surface area contributed by atoms with Gasteiger partial charge in [0.25, 0.3) is 0 Å². The van der Waals surface area contributed by atoms with Gasteiger partial charge in [0, 0.05) is 22.9 Å². The number of halogens is 1. The Bertz CT molecular complexity index is 1040. The largest absolute Gasteiger partial charge is 0.368 e. The summed E-state index contributed by atoms with van der Waals surface area (Å²) in [4.78, 5) is 15.2. The van der Waals surface area contributed by atoms with E-state index in [1.54, 1.807) is 0 Å². The fraction of sp³-hybridized carbons (Fsp3) is 0.200. The van der Waals surface area contributed by atoms with Gasteiger partial charge in [0.1, 0.15) is 11.6 Å². The number of hydrogen-bond acceptors (Lipinski definition) is 4. The molecule has 4 aromatic rings. The van der Waals surface area contributed by atoms with Crippen molar-refractivity contribution in [3.8, 4) is 11.4 Å². The van der Waals surface area contributed by atoms with Crippen LogP contribution in [0.5, 0.6) is 0 Å². The molecule has 0 bridgehead atoms. The van der Waals surface area contributed by atoms with E-state index in [4.69, 9.17) is 9.97 Å². The molecule has 0 aliphatic carbocycles. The second kappa shape index (κ2) is 7.05. The van der Waals surface area contributed by atoms with Crippen LogP contribution in [0.25, 0.3) is 33.3 Å². The van der Waals surface area contributed by atoms with Crippen molar-refractivity contribution in [2.75, 3.05) is 32.5 Å². The standard InChI is InChI=1S/C20H20BrN5/c1-26(2)10-9-22-19-15(11-13-7-8-14(21)12-18(13)25-19)20-23-16-5-3-4-6-17(16)24-20/h3-8,11-12H,9-10H2,1-2H3,(H,22,25)(H,23,24). The molecule has 4 rings (SSSR count). The topological polar surface area (TPSA) is 56.8 Å². The predicted octanol–water partition coefficient (Wildman–Crippen LogP) is 4.51. The molecule has 2 aromatic carbocycles. The minimum absolute atomic E-state index is 0.812. The number of aromatic amines is 1. The second-order valence-electron chi connectivity index (χ2n) is 6.55. The third-order valence-corrected chi connectivity index (χ3v) is 4.77. The highest BCUT2D eigenvalue weighted by molar-refractivity contribution is 9.10. The number of benzene rings is 2. The zero-order chi connectivity index (χ0) is 18.1. The van der Waals surface area contributed by atoms with Crippen molar-refractivity contribution in [3.63, 3.8) is 0 Å². The molecule has 132 valence electrons. The van der Waals surface area contributed by atoms with Crippen LogP contribution in [0.3, 0.4) is 0 Å². The summed E-state index contributed by atoms with van der Waals surface area (Å²) in [6, 6.07) is 16.3. The lowest BCUT2D eigenvalue weighted by molar-refractivity contribution is 0.425. The van der Waals surface area contributed by atoms with Crippen molar-refractivity contribution in [2.45, 2.75) is 0 Å². The van der Waals surface area contributed by atoms with Crippen LogP contribution in [0, 0.1) is 0 Å². The lowest BCUT2D eigenvalue weighted by Crippen LogP contribution is -2.21. The predicted molar refractivity (Wildman–Crippen MR) is 112 cm³/mol. The quantitative estimate of drug-likeness (QED) is 0.508. The number of anilines is 1. The van der Waals surface area contributed by atoms with Gasteiger partial charge in [-0.1, -0.05) is 34.1 Å². The number of likely N-dealkylation sites (N-methyl/N-ethyl adjacent to an activating group) is 1. The van der Waals surface area contributed by atoms with Crippen molar-refractivity contribution < 1.29 is 0 Å². The molecule has 2 N–H and O–H groups in total. The van der Waals surface area contributed by atoms with Crippen molar-refractivity contribution in [1.82, 2.24) is 19.9 Å². The van der Waals surface area contributed by atoms with Crippen LogP contribution in [0.4, 0.5) is 5.82 Å². The van der Waals surface area contributed by atoms with Gasteiger partial charge in [-0.05, 0) is 44.4 Å². The summed E-state index contributed by atoms with van der Waals surface area (Å²) in [5, 5.41) is 4.56. The van der Waals surface area contributed by atoms with Gasteiger partial charge in [0.15, 0.2) is 0 Å². The zero-order valence-electron chi connectivity index (χ0n) is 14.8. The van der Waals surface area contributed by atoms with Crippen LogP contribution in [0.15, 0.2) is 53.0 Å². The molecular weight excluding hydrogens is 390 g/mol. The molecular formula is C20H20BrN5. The van der Waals surface area contributed by atoms with Crippen LogP contribution in [0.2, 0.25) is 0 Å². The molecule has 2 heterocycles. The van der Waals surface area contributed by atoms with E-state index in [9.17, 15) is 0 Å². The number of fused-ring (bicyclic) bond motifs is 2. The number of rotatable bonds is 5. The molecule has 0 atom stereocenters. The van der Waals surface area contributed by atoms with E-state index < -0.39 is 0 Å². The second-order valence-corrected chi connectivity index (χ2v) is 7.47. The highest BCUT2D eigenvalue weighted by Crippen LogP contribution is 2.30. The maximum absolute atomic E-state index is 4.86. The Morgan fingerprint density at radius 1 is 1.04 bits per heavy atom. The summed E-state index contributed by atoms with van der Waals surface area (Å²) in [7, 11) is 4.12. The number of hydrogen-bond donors (Lipinski definition) is 2. The van der Waals surface area contributed by atoms with E-state index in [-0.39, 0.29) is 0 Å². The number of aromatic nitrogens is 3. The highest BCUT2D eigenvalue weighted by atomic mass is 79.9. The SMILES string of the molecule is CN(C)CCNc1nc2cc(Br)ccc2cc1-c1nc2ccccc2[nH]1. The Labute approximate surface area is 160 Å². The number of pyridine rings is 1. The van der Waals surface area contributed by atoms with Crippen molar-refractivity contribution in [3.05, 3.63) is 53.0 Å². The van der Waals surface area contributed by atoms with Crippen LogP contribution in [-0.2, 0) is 0 Å². The summed E-state index contributed by atoms with van der Waals surface area (Å²) in [6.07, 6.45) is 0. The molecule has 0 spiro atoms. The maximum atomic E-state index is 4.86. The Kier molecular flexibility index (Phi) is 4.61. The third kappa shape index (κ3) is 3.43. The van der Waals surface area contributed by atoms with E-state index in [1.165, 1.54) is 0 Å². The number of H-pyrrole nitrogens is 1. The highest BCUT2D eigenvalue weighted by Gasteiger charge is 2.13. The van der Waals surface area contributed by atoms with Crippen LogP contribution in [0.1, 0.15) is 0 Å². The van der Waals surface area contributed by atoms with E-state index in [1.807, 2.05) is 36.4 Å². The van der Waals surface area contributed by atoms with Gasteiger partial charge in [-0.3, -0.25) is 0 Å². The van der Waals surface area contributed by atoms with Crippen LogP contribution in [-0.4, -0.2) is 47.0 Å². The fourth-order valence-corrected chi connectivity index (χ4v) is 3.28. The van der Waals surface area contributed by atoms with Crippen LogP contribution < -0.4 is 5.32 Å². The Hall–Kier alpha value is -2.44. The van der Waals surface area contributed by atoms with Crippen LogP contribution >= 0.6 is 15.9 Å². The molecule has 5 nitrogen and oxygen atoms in total. The Morgan fingerprint density at radius 2 is 1.88 bits per heavy atom.